The van der Waals surface area contributed by atoms with Crippen LogP contribution >= 0.6 is 11.6 Å². The van der Waals surface area contributed by atoms with E-state index in [-0.39, 0.29) is 11.5 Å². The molecule has 0 aliphatic carbocycles. The van der Waals surface area contributed by atoms with Crippen LogP contribution in [0.5, 0.6) is 5.75 Å². The maximum atomic E-state index is 13.7. The average Bonchev–Trinajstić information content (AvgIpc) is 3.38. The zero-order valence-corrected chi connectivity index (χ0v) is 23.4. The number of aromatic nitrogens is 2. The molecule has 0 radical (unpaired) electrons. The standard InChI is InChI=1S/C32H30ClN3O3/c1-6-38-30-16-20(4)26(17-25(30)19(2)3)31-35-28-13-8-7-10-24(28)32(37)36(31)34-18-22-14-15-29(39-22)23-11-9-12-27(33)21(23)5/h7-19H,6H2,1-5H3. The first-order valence-electron chi connectivity index (χ1n) is 13.0. The van der Waals surface area contributed by atoms with Crippen molar-refractivity contribution in [3.8, 4) is 28.5 Å². The Morgan fingerprint density at radius 2 is 1.85 bits per heavy atom. The van der Waals surface area contributed by atoms with Gasteiger partial charge in [-0.2, -0.15) is 9.78 Å². The molecule has 198 valence electrons. The Labute approximate surface area is 232 Å². The van der Waals surface area contributed by atoms with Crippen molar-refractivity contribution in [2.75, 3.05) is 6.61 Å². The molecule has 0 unspecified atom stereocenters. The van der Waals surface area contributed by atoms with Crippen molar-refractivity contribution in [3.63, 3.8) is 0 Å². The molecule has 2 heterocycles. The van der Waals surface area contributed by atoms with Crippen molar-refractivity contribution >= 4 is 28.7 Å². The third-order valence-electron chi connectivity index (χ3n) is 6.73. The summed E-state index contributed by atoms with van der Waals surface area (Å²) in [6.07, 6.45) is 1.54. The first kappa shape index (κ1) is 26.4. The van der Waals surface area contributed by atoms with Crippen molar-refractivity contribution in [1.29, 1.82) is 0 Å². The number of fused-ring (bicyclic) bond motifs is 1. The number of rotatable bonds is 7. The number of halogens is 1. The second-order valence-corrected chi connectivity index (χ2v) is 10.1. The largest absolute Gasteiger partial charge is 0.494 e. The number of hydrogen-bond acceptors (Lipinski definition) is 5. The summed E-state index contributed by atoms with van der Waals surface area (Å²) in [4.78, 5) is 18.6. The molecule has 0 saturated heterocycles. The lowest BCUT2D eigenvalue weighted by Crippen LogP contribution is -2.20. The fraction of sp³-hybridized carbons (Fsp3) is 0.219. The highest BCUT2D eigenvalue weighted by molar-refractivity contribution is 6.31. The van der Waals surface area contributed by atoms with E-state index in [1.807, 2.05) is 75.4 Å². The number of para-hydroxylation sites is 1. The van der Waals surface area contributed by atoms with Crippen LogP contribution in [0.1, 0.15) is 49.1 Å². The minimum Gasteiger partial charge on any atom is -0.494 e. The van der Waals surface area contributed by atoms with Gasteiger partial charge in [0.15, 0.2) is 5.82 Å². The molecule has 0 spiro atoms. The Bertz CT molecular complexity index is 1770. The van der Waals surface area contributed by atoms with Gasteiger partial charge in [0.05, 0.1) is 23.7 Å². The molecule has 0 bridgehead atoms. The van der Waals surface area contributed by atoms with Gasteiger partial charge in [0.1, 0.15) is 17.3 Å². The minimum atomic E-state index is -0.260. The maximum Gasteiger partial charge on any atom is 0.282 e. The summed E-state index contributed by atoms with van der Waals surface area (Å²) in [5.74, 6) is 2.68. The van der Waals surface area contributed by atoms with Crippen molar-refractivity contribution in [2.45, 2.75) is 40.5 Å². The fourth-order valence-electron chi connectivity index (χ4n) is 4.63. The molecule has 0 N–H and O–H groups in total. The van der Waals surface area contributed by atoms with Crippen LogP contribution in [0, 0.1) is 13.8 Å². The molecule has 0 atom stereocenters. The summed E-state index contributed by atoms with van der Waals surface area (Å²) in [7, 11) is 0. The number of ether oxygens (including phenoxy) is 1. The van der Waals surface area contributed by atoms with E-state index in [1.54, 1.807) is 6.07 Å². The van der Waals surface area contributed by atoms with Gasteiger partial charge in [-0.3, -0.25) is 4.79 Å². The van der Waals surface area contributed by atoms with Gasteiger partial charge in [0, 0.05) is 16.1 Å². The van der Waals surface area contributed by atoms with Crippen molar-refractivity contribution < 1.29 is 9.15 Å². The number of furan rings is 1. The molecule has 0 amide bonds. The monoisotopic (exact) mass is 539 g/mol. The SMILES string of the molecule is CCOc1cc(C)c(-c2nc3ccccc3c(=O)n2N=Cc2ccc(-c3cccc(Cl)c3C)o2)cc1C(C)C. The quantitative estimate of drug-likeness (QED) is 0.196. The van der Waals surface area contributed by atoms with E-state index in [2.05, 4.69) is 25.0 Å². The molecule has 5 aromatic rings. The highest BCUT2D eigenvalue weighted by Crippen LogP contribution is 2.34. The van der Waals surface area contributed by atoms with Gasteiger partial charge >= 0.3 is 0 Å². The zero-order valence-electron chi connectivity index (χ0n) is 22.7. The second-order valence-electron chi connectivity index (χ2n) is 9.72. The molecule has 7 heteroatoms. The lowest BCUT2D eigenvalue weighted by atomic mass is 9.96. The summed E-state index contributed by atoms with van der Waals surface area (Å²) in [5, 5.41) is 5.75. The predicted molar refractivity (Wildman–Crippen MR) is 158 cm³/mol. The third kappa shape index (κ3) is 5.12. The molecule has 0 saturated carbocycles. The summed E-state index contributed by atoms with van der Waals surface area (Å²) in [6.45, 7) is 10.7. The zero-order chi connectivity index (χ0) is 27.7. The summed E-state index contributed by atoms with van der Waals surface area (Å²) in [5.41, 5.74) is 4.98. The van der Waals surface area contributed by atoms with Gasteiger partial charge in [-0.25, -0.2) is 4.98 Å². The minimum absolute atomic E-state index is 0.214. The van der Waals surface area contributed by atoms with Crippen molar-refractivity contribution in [2.24, 2.45) is 5.10 Å². The van der Waals surface area contributed by atoms with Crippen LogP contribution in [0.15, 0.2) is 81.0 Å². The number of hydrogen-bond donors (Lipinski definition) is 0. The van der Waals surface area contributed by atoms with E-state index in [1.165, 1.54) is 10.9 Å². The molecule has 0 aliphatic heterocycles. The Morgan fingerprint density at radius 3 is 2.62 bits per heavy atom. The molecule has 5 rings (SSSR count). The summed E-state index contributed by atoms with van der Waals surface area (Å²) in [6, 6.07) is 20.7. The first-order valence-corrected chi connectivity index (χ1v) is 13.4. The van der Waals surface area contributed by atoms with Gasteiger partial charge in [0.25, 0.3) is 5.56 Å². The lowest BCUT2D eigenvalue weighted by molar-refractivity contribution is 0.335. The molecule has 0 fully saturated rings. The third-order valence-corrected chi connectivity index (χ3v) is 7.14. The Morgan fingerprint density at radius 1 is 1.05 bits per heavy atom. The highest BCUT2D eigenvalue weighted by atomic mass is 35.5. The Balaban J connectivity index is 1.65. The normalized spacial score (nSPS) is 11.7. The van der Waals surface area contributed by atoms with Gasteiger partial charge in [0.2, 0.25) is 0 Å². The van der Waals surface area contributed by atoms with Gasteiger partial charge in [-0.15, -0.1) is 0 Å². The highest BCUT2D eigenvalue weighted by Gasteiger charge is 2.19. The van der Waals surface area contributed by atoms with Crippen LogP contribution in [0.25, 0.3) is 33.6 Å². The van der Waals surface area contributed by atoms with Crippen LogP contribution in [-0.2, 0) is 0 Å². The topological polar surface area (TPSA) is 69.6 Å². The smallest absolute Gasteiger partial charge is 0.282 e. The van der Waals surface area contributed by atoms with Crippen LogP contribution < -0.4 is 10.3 Å². The second kappa shape index (κ2) is 10.9. The predicted octanol–water partition coefficient (Wildman–Crippen LogP) is 8.00. The summed E-state index contributed by atoms with van der Waals surface area (Å²) < 4.78 is 13.3. The average molecular weight is 540 g/mol. The molecule has 39 heavy (non-hydrogen) atoms. The number of benzene rings is 3. The first-order chi connectivity index (χ1) is 18.8. The maximum absolute atomic E-state index is 13.7. The molecular formula is C32H30ClN3O3. The molecule has 6 nitrogen and oxygen atoms in total. The van der Waals surface area contributed by atoms with Crippen molar-refractivity contribution in [1.82, 2.24) is 9.66 Å². The number of aryl methyl sites for hydroxylation is 1. The van der Waals surface area contributed by atoms with Crippen LogP contribution in [0.3, 0.4) is 0 Å². The van der Waals surface area contributed by atoms with E-state index in [4.69, 9.17) is 25.7 Å². The van der Waals surface area contributed by atoms with E-state index in [0.29, 0.717) is 39.9 Å². The van der Waals surface area contributed by atoms with Gasteiger partial charge in [-0.05, 0) is 85.8 Å². The van der Waals surface area contributed by atoms with Gasteiger partial charge in [-0.1, -0.05) is 49.7 Å². The molecule has 2 aromatic heterocycles. The Hall–Kier alpha value is -4.16. The van der Waals surface area contributed by atoms with E-state index in [0.717, 1.165) is 33.6 Å². The fourth-order valence-corrected chi connectivity index (χ4v) is 4.81. The molecule has 3 aromatic carbocycles. The lowest BCUT2D eigenvalue weighted by Gasteiger charge is -2.18. The molecule has 0 aliphatic rings. The van der Waals surface area contributed by atoms with Crippen LogP contribution in [0.2, 0.25) is 5.02 Å². The van der Waals surface area contributed by atoms with E-state index in [9.17, 15) is 4.79 Å². The van der Waals surface area contributed by atoms with Crippen molar-refractivity contribution in [3.05, 3.63) is 105 Å². The van der Waals surface area contributed by atoms with E-state index >= 15 is 0 Å². The Kier molecular flexibility index (Phi) is 7.40. The number of nitrogens with zero attached hydrogens (tertiary/aromatic N) is 3. The molecular weight excluding hydrogens is 510 g/mol. The van der Waals surface area contributed by atoms with Gasteiger partial charge < -0.3 is 9.15 Å². The van der Waals surface area contributed by atoms with Crippen LogP contribution in [-0.4, -0.2) is 22.5 Å². The van der Waals surface area contributed by atoms with Crippen LogP contribution in [0.4, 0.5) is 0 Å². The van der Waals surface area contributed by atoms with E-state index < -0.39 is 0 Å². The summed E-state index contributed by atoms with van der Waals surface area (Å²) >= 11 is 6.30.